The van der Waals surface area contributed by atoms with Gasteiger partial charge in [0, 0.05) is 13.0 Å². The van der Waals surface area contributed by atoms with E-state index in [1.54, 1.807) is 0 Å². The number of carbonyl (C=O) groups excluding carboxylic acids is 1. The van der Waals surface area contributed by atoms with Gasteiger partial charge in [0.2, 0.25) is 5.91 Å². The highest BCUT2D eigenvalue weighted by Gasteiger charge is 2.11. The van der Waals surface area contributed by atoms with Crippen LogP contribution in [0.25, 0.3) is 0 Å². The van der Waals surface area contributed by atoms with E-state index in [1.165, 1.54) is 11.1 Å². The second-order valence-corrected chi connectivity index (χ2v) is 4.48. The summed E-state index contributed by atoms with van der Waals surface area (Å²) in [5, 5.41) is 11.6. The Hall–Kier alpha value is -1.35. The Morgan fingerprint density at radius 1 is 1.41 bits per heavy atom. The molecule has 0 fully saturated rings. The van der Waals surface area contributed by atoms with Crippen LogP contribution in [0.15, 0.2) is 18.2 Å². The van der Waals surface area contributed by atoms with Crippen molar-refractivity contribution in [3.8, 4) is 0 Å². The van der Waals surface area contributed by atoms with Crippen LogP contribution >= 0.6 is 0 Å². The topological polar surface area (TPSA) is 49.3 Å². The Labute approximate surface area is 103 Å². The number of nitrogens with one attached hydrogen (secondary N) is 1. The number of rotatable bonds is 5. The monoisotopic (exact) mass is 235 g/mol. The molecule has 1 unspecified atom stereocenters. The summed E-state index contributed by atoms with van der Waals surface area (Å²) in [6, 6.07) is 6.24. The van der Waals surface area contributed by atoms with Gasteiger partial charge in [-0.3, -0.25) is 4.79 Å². The van der Waals surface area contributed by atoms with Crippen LogP contribution in [-0.2, 0) is 4.79 Å². The minimum absolute atomic E-state index is 0.00785. The molecule has 17 heavy (non-hydrogen) atoms. The van der Waals surface area contributed by atoms with E-state index in [1.807, 2.05) is 6.92 Å². The van der Waals surface area contributed by atoms with Crippen molar-refractivity contribution in [3.05, 3.63) is 34.9 Å². The predicted octanol–water partition coefficient (Wildman–Crippen LogP) is 2.25. The van der Waals surface area contributed by atoms with Crippen LogP contribution in [-0.4, -0.2) is 17.6 Å². The lowest BCUT2D eigenvalue weighted by Crippen LogP contribution is -2.27. The molecule has 0 aliphatic heterocycles. The maximum Gasteiger partial charge on any atom is 0.220 e. The Morgan fingerprint density at radius 3 is 2.71 bits per heavy atom. The normalized spacial score (nSPS) is 12.2. The first-order valence-electron chi connectivity index (χ1n) is 6.02. The summed E-state index contributed by atoms with van der Waals surface area (Å²) in [7, 11) is 0. The van der Waals surface area contributed by atoms with Gasteiger partial charge in [-0.2, -0.15) is 0 Å². The molecule has 2 N–H and O–H groups in total. The lowest BCUT2D eigenvalue weighted by molar-refractivity contribution is -0.122. The van der Waals surface area contributed by atoms with Gasteiger partial charge >= 0.3 is 0 Å². The molecule has 0 saturated heterocycles. The molecule has 0 saturated carbocycles. The molecule has 0 aromatic heterocycles. The maximum atomic E-state index is 11.5. The Balaban J connectivity index is 2.63. The van der Waals surface area contributed by atoms with Crippen LogP contribution in [0.2, 0.25) is 0 Å². The van der Waals surface area contributed by atoms with Gasteiger partial charge < -0.3 is 10.4 Å². The van der Waals surface area contributed by atoms with Crippen LogP contribution in [0.4, 0.5) is 0 Å². The molecule has 1 atom stereocenters. The van der Waals surface area contributed by atoms with E-state index in [0.29, 0.717) is 12.8 Å². The molecular weight excluding hydrogens is 214 g/mol. The highest BCUT2D eigenvalue weighted by Crippen LogP contribution is 2.18. The van der Waals surface area contributed by atoms with Crippen molar-refractivity contribution in [2.75, 3.05) is 6.61 Å². The Bertz CT molecular complexity index is 388. The molecule has 1 rings (SSSR count). The molecule has 0 heterocycles. The first kappa shape index (κ1) is 13.7. The fourth-order valence-corrected chi connectivity index (χ4v) is 1.94. The molecule has 94 valence electrons. The van der Waals surface area contributed by atoms with E-state index < -0.39 is 0 Å². The molecule has 3 heteroatoms. The highest BCUT2D eigenvalue weighted by atomic mass is 16.3. The van der Waals surface area contributed by atoms with Gasteiger partial charge in [-0.1, -0.05) is 23.8 Å². The lowest BCUT2D eigenvalue weighted by atomic mass is 10.0. The third-order valence-corrected chi connectivity index (χ3v) is 2.83. The maximum absolute atomic E-state index is 11.5. The van der Waals surface area contributed by atoms with Crippen LogP contribution < -0.4 is 5.32 Å². The quantitative estimate of drug-likeness (QED) is 0.822. The zero-order valence-electron chi connectivity index (χ0n) is 10.8. The van der Waals surface area contributed by atoms with Gasteiger partial charge in [0.05, 0.1) is 6.04 Å². The predicted molar refractivity (Wildman–Crippen MR) is 68.8 cm³/mol. The molecule has 0 aliphatic carbocycles. The third-order valence-electron chi connectivity index (χ3n) is 2.83. The molecular formula is C14H21NO2. The largest absolute Gasteiger partial charge is 0.396 e. The molecule has 0 bridgehead atoms. The second kappa shape index (κ2) is 6.40. The summed E-state index contributed by atoms with van der Waals surface area (Å²) in [6.45, 7) is 6.15. The highest BCUT2D eigenvalue weighted by molar-refractivity contribution is 5.76. The minimum atomic E-state index is -0.00785. The van der Waals surface area contributed by atoms with Crippen LogP contribution in [0.5, 0.6) is 0 Å². The molecule has 0 radical (unpaired) electrons. The van der Waals surface area contributed by atoms with E-state index in [-0.39, 0.29) is 18.6 Å². The van der Waals surface area contributed by atoms with Crippen molar-refractivity contribution in [1.29, 1.82) is 0 Å². The van der Waals surface area contributed by atoms with E-state index in [4.69, 9.17) is 5.11 Å². The van der Waals surface area contributed by atoms with Crippen molar-refractivity contribution < 1.29 is 9.90 Å². The third kappa shape index (κ3) is 4.19. The Kier molecular flexibility index (Phi) is 5.16. The summed E-state index contributed by atoms with van der Waals surface area (Å²) < 4.78 is 0. The summed E-state index contributed by atoms with van der Waals surface area (Å²) in [6.07, 6.45) is 0.900. The van der Waals surface area contributed by atoms with Gasteiger partial charge in [-0.25, -0.2) is 0 Å². The number of aliphatic hydroxyl groups is 1. The van der Waals surface area contributed by atoms with Crippen LogP contribution in [0, 0.1) is 13.8 Å². The fourth-order valence-electron chi connectivity index (χ4n) is 1.94. The average molecular weight is 235 g/mol. The molecule has 1 aromatic rings. The lowest BCUT2D eigenvalue weighted by Gasteiger charge is -2.17. The van der Waals surface area contributed by atoms with Crippen LogP contribution in [0.3, 0.4) is 0 Å². The van der Waals surface area contributed by atoms with Crippen molar-refractivity contribution in [1.82, 2.24) is 5.32 Å². The number of benzene rings is 1. The number of aliphatic hydroxyl groups excluding tert-OH is 1. The van der Waals surface area contributed by atoms with E-state index >= 15 is 0 Å². The molecule has 1 aromatic carbocycles. The van der Waals surface area contributed by atoms with Gasteiger partial charge in [-0.15, -0.1) is 0 Å². The zero-order chi connectivity index (χ0) is 12.8. The first-order valence-corrected chi connectivity index (χ1v) is 6.02. The van der Waals surface area contributed by atoms with E-state index in [9.17, 15) is 4.79 Å². The molecule has 1 amide bonds. The number of amides is 1. The number of aryl methyl sites for hydroxylation is 2. The van der Waals surface area contributed by atoms with Gasteiger partial charge in [0.15, 0.2) is 0 Å². The van der Waals surface area contributed by atoms with Crippen molar-refractivity contribution in [2.24, 2.45) is 0 Å². The number of hydrogen-bond donors (Lipinski definition) is 2. The van der Waals surface area contributed by atoms with Gasteiger partial charge in [0.25, 0.3) is 0 Å². The molecule has 0 aliphatic rings. The summed E-state index contributed by atoms with van der Waals surface area (Å²) >= 11 is 0. The Morgan fingerprint density at radius 2 is 2.12 bits per heavy atom. The minimum Gasteiger partial charge on any atom is -0.396 e. The van der Waals surface area contributed by atoms with Crippen molar-refractivity contribution in [2.45, 2.75) is 39.7 Å². The summed E-state index contributed by atoms with van der Waals surface area (Å²) in [5.74, 6) is -0.00785. The SMILES string of the molecule is Cc1ccc(C(C)NC(=O)CCCO)c(C)c1. The number of carbonyl (C=O) groups is 1. The summed E-state index contributed by atoms with van der Waals surface area (Å²) in [4.78, 5) is 11.5. The summed E-state index contributed by atoms with van der Waals surface area (Å²) in [5.41, 5.74) is 3.57. The van der Waals surface area contributed by atoms with Crippen LogP contribution in [0.1, 0.15) is 42.5 Å². The molecule has 3 nitrogen and oxygen atoms in total. The smallest absolute Gasteiger partial charge is 0.220 e. The molecule has 0 spiro atoms. The van der Waals surface area contributed by atoms with Crippen molar-refractivity contribution >= 4 is 5.91 Å². The van der Waals surface area contributed by atoms with Crippen molar-refractivity contribution in [3.63, 3.8) is 0 Å². The average Bonchev–Trinajstić information content (AvgIpc) is 2.26. The van der Waals surface area contributed by atoms with Gasteiger partial charge in [-0.05, 0) is 38.3 Å². The van der Waals surface area contributed by atoms with E-state index in [0.717, 1.165) is 5.56 Å². The standard InChI is InChI=1S/C14H21NO2/c1-10-6-7-13(11(2)9-10)12(3)15-14(17)5-4-8-16/h6-7,9,12,16H,4-5,8H2,1-3H3,(H,15,17). The fraction of sp³-hybridized carbons (Fsp3) is 0.500. The first-order chi connectivity index (χ1) is 8.04. The van der Waals surface area contributed by atoms with Gasteiger partial charge in [0.1, 0.15) is 0 Å². The number of hydrogen-bond acceptors (Lipinski definition) is 2. The zero-order valence-corrected chi connectivity index (χ0v) is 10.8. The second-order valence-electron chi connectivity index (χ2n) is 4.48. The van der Waals surface area contributed by atoms with E-state index in [2.05, 4.69) is 37.4 Å².